The lowest BCUT2D eigenvalue weighted by Gasteiger charge is -2.33. The van der Waals surface area contributed by atoms with Crippen LogP contribution in [0.3, 0.4) is 0 Å². The van der Waals surface area contributed by atoms with E-state index in [0.717, 1.165) is 0 Å². The summed E-state index contributed by atoms with van der Waals surface area (Å²) in [5, 5.41) is 12.9. The van der Waals surface area contributed by atoms with Gasteiger partial charge in [0.2, 0.25) is 0 Å². The van der Waals surface area contributed by atoms with Crippen molar-refractivity contribution in [3.05, 3.63) is 81.3 Å². The van der Waals surface area contributed by atoms with Crippen molar-refractivity contribution in [2.45, 2.75) is 5.60 Å². The third-order valence-electron chi connectivity index (χ3n) is 4.92. The Morgan fingerprint density at radius 1 is 0.633 bits per heavy atom. The summed E-state index contributed by atoms with van der Waals surface area (Å²) in [6.45, 7) is 0. The molecule has 0 saturated carbocycles. The highest BCUT2D eigenvalue weighted by Gasteiger charge is 2.40. The fourth-order valence-electron chi connectivity index (χ4n) is 3.42. The fourth-order valence-corrected chi connectivity index (χ4v) is 3.90. The lowest BCUT2D eigenvalue weighted by atomic mass is 9.79. The Hall–Kier alpha value is -2.60. The molecule has 0 atom stereocenters. The monoisotopic (exact) mass is 448 g/mol. The topological polar surface area (TPSA) is 57.2 Å². The third kappa shape index (κ3) is 3.76. The second-order valence-corrected chi connectivity index (χ2v) is 7.26. The maximum atomic E-state index is 12.3. The van der Waals surface area contributed by atoms with Crippen molar-refractivity contribution >= 4 is 23.2 Å². The van der Waals surface area contributed by atoms with Crippen LogP contribution >= 0.6 is 23.2 Å². The van der Waals surface area contributed by atoms with Gasteiger partial charge >= 0.3 is 0 Å². The zero-order chi connectivity index (χ0) is 21.9. The van der Waals surface area contributed by atoms with E-state index < -0.39 is 5.60 Å². The van der Waals surface area contributed by atoms with Crippen molar-refractivity contribution in [2.24, 2.45) is 0 Å². The maximum absolute atomic E-state index is 12.3. The van der Waals surface area contributed by atoms with Crippen LogP contribution in [0.1, 0.15) is 16.7 Å². The first-order valence-electron chi connectivity index (χ1n) is 9.02. The first-order chi connectivity index (χ1) is 14.4. The lowest BCUT2D eigenvalue weighted by molar-refractivity contribution is 0.118. The Bertz CT molecular complexity index is 976. The molecule has 158 valence electrons. The quantitative estimate of drug-likeness (QED) is 0.496. The fraction of sp³-hybridized carbons (Fsp3) is 0.217. The molecule has 3 aromatic rings. The molecule has 5 nitrogen and oxygen atoms in total. The Balaban J connectivity index is 2.42. The van der Waals surface area contributed by atoms with Crippen molar-refractivity contribution in [1.82, 2.24) is 0 Å². The normalized spacial score (nSPS) is 11.2. The summed E-state index contributed by atoms with van der Waals surface area (Å²) in [6, 6.07) is 15.6. The van der Waals surface area contributed by atoms with Gasteiger partial charge < -0.3 is 24.1 Å². The highest BCUT2D eigenvalue weighted by molar-refractivity contribution is 6.32. The molecule has 0 spiro atoms. The number of hydrogen-bond donors (Lipinski definition) is 1. The second kappa shape index (κ2) is 9.04. The van der Waals surface area contributed by atoms with Crippen molar-refractivity contribution in [3.8, 4) is 23.0 Å². The summed E-state index contributed by atoms with van der Waals surface area (Å²) in [6.07, 6.45) is 0. The molecule has 7 heteroatoms. The zero-order valence-electron chi connectivity index (χ0n) is 17.0. The van der Waals surface area contributed by atoms with Gasteiger partial charge in [-0.1, -0.05) is 53.5 Å². The highest BCUT2D eigenvalue weighted by Crippen LogP contribution is 2.49. The summed E-state index contributed by atoms with van der Waals surface area (Å²) < 4.78 is 21.8. The molecule has 0 aromatic heterocycles. The maximum Gasteiger partial charge on any atom is 0.147 e. The highest BCUT2D eigenvalue weighted by atomic mass is 35.5. The van der Waals surface area contributed by atoms with E-state index in [1.165, 1.54) is 28.4 Å². The molecule has 3 aromatic carbocycles. The molecule has 3 rings (SSSR count). The minimum Gasteiger partial charge on any atom is -0.496 e. The molecule has 0 aliphatic carbocycles. The zero-order valence-corrected chi connectivity index (χ0v) is 18.5. The van der Waals surface area contributed by atoms with E-state index in [0.29, 0.717) is 49.7 Å². The molecular formula is C23H22Cl2O5. The van der Waals surface area contributed by atoms with Crippen LogP contribution in [0, 0.1) is 0 Å². The molecule has 0 unspecified atom stereocenters. The van der Waals surface area contributed by atoms with E-state index in [1.54, 1.807) is 36.4 Å². The second-order valence-electron chi connectivity index (χ2n) is 6.45. The molecule has 0 fully saturated rings. The molecule has 1 N–H and O–H groups in total. The molecule has 30 heavy (non-hydrogen) atoms. The van der Waals surface area contributed by atoms with Crippen molar-refractivity contribution in [2.75, 3.05) is 28.4 Å². The first kappa shape index (κ1) is 22.1. The molecule has 0 saturated heterocycles. The SMILES string of the molecule is COc1cc(OC)c(C(O)(c2ccccc2)c2cc(Cl)c(OC)cc2OC)cc1Cl. The smallest absolute Gasteiger partial charge is 0.147 e. The van der Waals surface area contributed by atoms with Crippen molar-refractivity contribution < 1.29 is 24.1 Å². The van der Waals surface area contributed by atoms with E-state index in [1.807, 2.05) is 18.2 Å². The Labute approximate surface area is 185 Å². The minimum absolute atomic E-state index is 0.321. The van der Waals surface area contributed by atoms with Gasteiger partial charge in [0.15, 0.2) is 0 Å². The van der Waals surface area contributed by atoms with E-state index >= 15 is 0 Å². The minimum atomic E-state index is -1.70. The van der Waals surface area contributed by atoms with Crippen LogP contribution in [0.25, 0.3) is 0 Å². The van der Waals surface area contributed by atoms with E-state index in [9.17, 15) is 5.11 Å². The predicted molar refractivity (Wildman–Crippen MR) is 118 cm³/mol. The van der Waals surface area contributed by atoms with Crippen LogP contribution < -0.4 is 18.9 Å². The Morgan fingerprint density at radius 3 is 1.40 bits per heavy atom. The van der Waals surface area contributed by atoms with Gasteiger partial charge in [-0.3, -0.25) is 0 Å². The summed E-state index contributed by atoms with van der Waals surface area (Å²) in [4.78, 5) is 0. The van der Waals surface area contributed by atoms with Gasteiger partial charge in [-0.05, 0) is 17.7 Å². The van der Waals surface area contributed by atoms with Crippen LogP contribution in [0.4, 0.5) is 0 Å². The summed E-state index contributed by atoms with van der Waals surface area (Å²) in [7, 11) is 6.04. The van der Waals surface area contributed by atoms with E-state index in [4.69, 9.17) is 42.1 Å². The van der Waals surface area contributed by atoms with Crippen LogP contribution in [-0.2, 0) is 5.60 Å². The largest absolute Gasteiger partial charge is 0.496 e. The van der Waals surface area contributed by atoms with Crippen molar-refractivity contribution in [3.63, 3.8) is 0 Å². The van der Waals surface area contributed by atoms with Crippen LogP contribution in [-0.4, -0.2) is 33.5 Å². The average molecular weight is 449 g/mol. The van der Waals surface area contributed by atoms with Crippen LogP contribution in [0.5, 0.6) is 23.0 Å². The molecule has 0 aliphatic heterocycles. The van der Waals surface area contributed by atoms with Gasteiger partial charge in [-0.15, -0.1) is 0 Å². The Morgan fingerprint density at radius 2 is 1.03 bits per heavy atom. The number of methoxy groups -OCH3 is 4. The molecule has 0 heterocycles. The van der Waals surface area contributed by atoms with E-state index in [2.05, 4.69) is 0 Å². The van der Waals surface area contributed by atoms with E-state index in [-0.39, 0.29) is 0 Å². The van der Waals surface area contributed by atoms with Gasteiger partial charge in [-0.2, -0.15) is 0 Å². The predicted octanol–water partition coefficient (Wildman–Crippen LogP) is 5.31. The summed E-state index contributed by atoms with van der Waals surface area (Å²) in [5.74, 6) is 1.62. The van der Waals surface area contributed by atoms with Gasteiger partial charge in [0.25, 0.3) is 0 Å². The number of rotatable bonds is 7. The van der Waals surface area contributed by atoms with Crippen molar-refractivity contribution in [1.29, 1.82) is 0 Å². The van der Waals surface area contributed by atoms with Gasteiger partial charge in [-0.25, -0.2) is 0 Å². The van der Waals surface area contributed by atoms with Gasteiger partial charge in [0, 0.05) is 23.3 Å². The molecule has 0 bridgehead atoms. The lowest BCUT2D eigenvalue weighted by Crippen LogP contribution is -2.30. The molecule has 0 aliphatic rings. The first-order valence-corrected chi connectivity index (χ1v) is 9.78. The number of aliphatic hydroxyl groups is 1. The van der Waals surface area contributed by atoms with Crippen LogP contribution in [0.15, 0.2) is 54.6 Å². The molecule has 0 radical (unpaired) electrons. The number of halogens is 2. The van der Waals surface area contributed by atoms with Crippen LogP contribution in [0.2, 0.25) is 10.0 Å². The standard InChI is InChI=1S/C23H22Cl2O5/c1-27-19-12-21(29-3)17(24)10-15(19)23(26,14-8-6-5-7-9-14)16-11-18(25)22(30-4)13-20(16)28-2/h5-13,26H,1-4H3. The van der Waals surface area contributed by atoms with Gasteiger partial charge in [0.1, 0.15) is 28.6 Å². The Kier molecular flexibility index (Phi) is 6.66. The number of benzene rings is 3. The average Bonchev–Trinajstić information content (AvgIpc) is 2.78. The third-order valence-corrected chi connectivity index (χ3v) is 5.51. The number of hydrogen-bond acceptors (Lipinski definition) is 5. The molecular weight excluding hydrogens is 427 g/mol. The summed E-state index contributed by atoms with van der Waals surface area (Å²) in [5.41, 5.74) is -0.323. The number of ether oxygens (including phenoxy) is 4. The summed E-state index contributed by atoms with van der Waals surface area (Å²) >= 11 is 12.8. The molecule has 0 amide bonds. The van der Waals surface area contributed by atoms with Gasteiger partial charge in [0.05, 0.1) is 38.5 Å².